The summed E-state index contributed by atoms with van der Waals surface area (Å²) in [5.74, 6) is -2.42. The van der Waals surface area contributed by atoms with E-state index < -0.39 is 5.92 Å². The molecule has 3 aliphatic rings. The average molecular weight is 468 g/mol. The molecule has 0 unspecified atom stereocenters. The van der Waals surface area contributed by atoms with Gasteiger partial charge in [-0.15, -0.1) is 0 Å². The Bertz CT molecular complexity index is 1300. The molecule has 2 saturated carbocycles. The summed E-state index contributed by atoms with van der Waals surface area (Å²) in [6.45, 7) is 4.03. The number of hydrogen-bond acceptors (Lipinski definition) is 5. The predicted octanol–water partition coefficient (Wildman–Crippen LogP) is 4.09. The van der Waals surface area contributed by atoms with Crippen LogP contribution in [0, 0.1) is 11.3 Å². The Hall–Kier alpha value is -3.30. The highest BCUT2D eigenvalue weighted by Crippen LogP contribution is 2.44. The zero-order valence-corrected chi connectivity index (χ0v) is 19.0. The van der Waals surface area contributed by atoms with Crippen LogP contribution < -0.4 is 10.6 Å². The molecule has 2 fully saturated rings. The lowest BCUT2D eigenvalue weighted by Crippen LogP contribution is -2.42. The summed E-state index contributed by atoms with van der Waals surface area (Å²) in [6.07, 6.45) is 10.2. The predicted molar refractivity (Wildman–Crippen MR) is 124 cm³/mol. The van der Waals surface area contributed by atoms with Crippen molar-refractivity contribution in [3.05, 3.63) is 35.4 Å². The monoisotopic (exact) mass is 467 g/mol. The van der Waals surface area contributed by atoms with E-state index >= 15 is 0 Å². The Morgan fingerprint density at radius 1 is 1.29 bits per heavy atom. The molecule has 0 aromatic carbocycles. The fourth-order valence-corrected chi connectivity index (χ4v) is 4.78. The smallest absolute Gasteiger partial charge is 0.255 e. The zero-order chi connectivity index (χ0) is 23.5. The number of amides is 1. The number of aryl methyl sites for hydroxylation is 1. The number of H-pyrrole nitrogens is 1. The van der Waals surface area contributed by atoms with Gasteiger partial charge in [0.05, 0.1) is 17.5 Å². The normalized spacial score (nSPS) is 20.4. The van der Waals surface area contributed by atoms with Gasteiger partial charge in [0, 0.05) is 55.8 Å². The van der Waals surface area contributed by atoms with Crippen LogP contribution in [-0.2, 0) is 6.54 Å². The second kappa shape index (κ2) is 7.61. The number of halogens is 2. The number of anilines is 1. The van der Waals surface area contributed by atoms with Crippen LogP contribution in [0.5, 0.6) is 0 Å². The Labute approximate surface area is 195 Å². The quantitative estimate of drug-likeness (QED) is 0.486. The molecule has 178 valence electrons. The first-order valence-corrected chi connectivity index (χ1v) is 11.8. The summed E-state index contributed by atoms with van der Waals surface area (Å²) in [6, 6.07) is 0. The van der Waals surface area contributed by atoms with Gasteiger partial charge in [0.25, 0.3) is 5.91 Å². The number of nitrogens with one attached hydrogen (secondary N) is 3. The fraction of sp³-hybridized carbons (Fsp3) is 0.500. The third-order valence-corrected chi connectivity index (χ3v) is 7.31. The van der Waals surface area contributed by atoms with Gasteiger partial charge < -0.3 is 15.6 Å². The Kier molecular flexibility index (Phi) is 4.76. The van der Waals surface area contributed by atoms with Crippen LogP contribution in [-0.4, -0.2) is 49.7 Å². The van der Waals surface area contributed by atoms with Crippen LogP contribution >= 0.6 is 0 Å². The second-order valence-electron chi connectivity index (χ2n) is 10.2. The number of aromatic nitrogens is 5. The maximum Gasteiger partial charge on any atom is 0.255 e. The minimum atomic E-state index is -2.58. The second-order valence-corrected chi connectivity index (χ2v) is 10.2. The molecule has 0 radical (unpaired) electrons. The molecule has 4 heterocycles. The molecule has 1 aliphatic heterocycles. The lowest BCUT2D eigenvalue weighted by Gasteiger charge is -2.34. The van der Waals surface area contributed by atoms with E-state index in [4.69, 9.17) is 0 Å². The fourth-order valence-electron chi connectivity index (χ4n) is 4.78. The summed E-state index contributed by atoms with van der Waals surface area (Å²) in [5.41, 5.74) is 4.39. The van der Waals surface area contributed by atoms with Gasteiger partial charge in [0.1, 0.15) is 5.65 Å². The van der Waals surface area contributed by atoms with Crippen molar-refractivity contribution in [2.45, 2.75) is 51.5 Å². The summed E-state index contributed by atoms with van der Waals surface area (Å²) in [7, 11) is 0. The van der Waals surface area contributed by atoms with E-state index in [1.807, 2.05) is 23.2 Å². The highest BCUT2D eigenvalue weighted by molar-refractivity contribution is 6.01. The van der Waals surface area contributed by atoms with Gasteiger partial charge in [-0.3, -0.25) is 9.48 Å². The molecule has 2 aliphatic carbocycles. The van der Waals surface area contributed by atoms with Gasteiger partial charge in [-0.25, -0.2) is 13.8 Å². The van der Waals surface area contributed by atoms with Gasteiger partial charge in [-0.05, 0) is 42.2 Å². The molecular formula is C24H27F2N7O. The Morgan fingerprint density at radius 2 is 2.12 bits per heavy atom. The largest absolute Gasteiger partial charge is 0.354 e. The summed E-state index contributed by atoms with van der Waals surface area (Å²) in [5, 5.41) is 11.4. The van der Waals surface area contributed by atoms with Crippen molar-refractivity contribution < 1.29 is 13.6 Å². The Morgan fingerprint density at radius 3 is 2.88 bits per heavy atom. The van der Waals surface area contributed by atoms with Crippen LogP contribution in [0.1, 0.15) is 60.6 Å². The van der Waals surface area contributed by atoms with Crippen molar-refractivity contribution in [1.29, 1.82) is 0 Å². The number of hydrogen-bond donors (Lipinski definition) is 3. The van der Waals surface area contributed by atoms with Crippen LogP contribution in [0.25, 0.3) is 22.7 Å². The number of aromatic amines is 1. The SMILES string of the molecule is CC1(CNc2ncc3c(C4=Cc5c(C(=O)NCC6CC(F)(F)C6)cnn5CC4)c[nH]c3n2)CC1. The van der Waals surface area contributed by atoms with E-state index in [0.29, 0.717) is 23.5 Å². The molecule has 8 nitrogen and oxygen atoms in total. The molecule has 10 heteroatoms. The molecule has 3 aromatic heterocycles. The number of rotatable bonds is 7. The molecule has 34 heavy (non-hydrogen) atoms. The van der Waals surface area contributed by atoms with Crippen LogP contribution in [0.4, 0.5) is 14.7 Å². The van der Waals surface area contributed by atoms with Crippen LogP contribution in [0.15, 0.2) is 18.6 Å². The van der Waals surface area contributed by atoms with Gasteiger partial charge in [0.15, 0.2) is 0 Å². The lowest BCUT2D eigenvalue weighted by atomic mass is 9.81. The highest BCUT2D eigenvalue weighted by atomic mass is 19.3. The molecule has 0 saturated heterocycles. The standard InChI is InChI=1S/C24H27F2N7O/c1-23(3-4-23)13-30-22-29-11-17-16(10-27-20(17)32-22)15-2-5-33-19(6-15)18(12-31-33)21(34)28-9-14-7-24(25,26)8-14/h6,10-12,14H,2-5,7-9,13H2,1H3,(H,28,34)(H2,27,29,30,32). The van der Waals surface area contributed by atoms with E-state index in [9.17, 15) is 13.6 Å². The van der Waals surface area contributed by atoms with Gasteiger partial charge in [-0.1, -0.05) is 6.92 Å². The first-order chi connectivity index (χ1) is 16.3. The highest BCUT2D eigenvalue weighted by Gasteiger charge is 2.45. The summed E-state index contributed by atoms with van der Waals surface area (Å²) in [4.78, 5) is 25.1. The van der Waals surface area contributed by atoms with Crippen LogP contribution in [0.3, 0.4) is 0 Å². The third kappa shape index (κ3) is 3.95. The number of carbonyl (C=O) groups excluding carboxylic acids is 1. The number of carbonyl (C=O) groups is 1. The summed E-state index contributed by atoms with van der Waals surface area (Å²) >= 11 is 0. The minimum Gasteiger partial charge on any atom is -0.354 e. The number of fused-ring (bicyclic) bond motifs is 2. The van der Waals surface area contributed by atoms with Gasteiger partial charge in [-0.2, -0.15) is 10.1 Å². The first kappa shape index (κ1) is 21.2. The number of allylic oxidation sites excluding steroid dienone is 1. The molecule has 3 aromatic rings. The first-order valence-electron chi connectivity index (χ1n) is 11.8. The van der Waals surface area contributed by atoms with E-state index in [-0.39, 0.29) is 31.2 Å². The van der Waals surface area contributed by atoms with E-state index in [1.54, 1.807) is 6.20 Å². The number of nitrogens with zero attached hydrogens (tertiary/aromatic N) is 4. The van der Waals surface area contributed by atoms with Crippen molar-refractivity contribution >= 4 is 34.5 Å². The van der Waals surface area contributed by atoms with Crippen molar-refractivity contribution in [3.8, 4) is 0 Å². The molecule has 0 atom stereocenters. The van der Waals surface area contributed by atoms with Crippen molar-refractivity contribution in [3.63, 3.8) is 0 Å². The minimum absolute atomic E-state index is 0.164. The zero-order valence-electron chi connectivity index (χ0n) is 19.0. The van der Waals surface area contributed by atoms with Crippen molar-refractivity contribution in [2.75, 3.05) is 18.4 Å². The van der Waals surface area contributed by atoms with Gasteiger partial charge in [0.2, 0.25) is 11.9 Å². The molecular weight excluding hydrogens is 440 g/mol. The molecule has 1 amide bonds. The van der Waals surface area contributed by atoms with Crippen LogP contribution in [0.2, 0.25) is 0 Å². The maximum atomic E-state index is 13.1. The topological polar surface area (TPSA) is 101 Å². The Balaban J connectivity index is 1.20. The third-order valence-electron chi connectivity index (χ3n) is 7.31. The molecule has 0 spiro atoms. The van der Waals surface area contributed by atoms with E-state index in [2.05, 4.69) is 37.6 Å². The lowest BCUT2D eigenvalue weighted by molar-refractivity contribution is -0.108. The maximum absolute atomic E-state index is 13.1. The van der Waals surface area contributed by atoms with E-state index in [1.165, 1.54) is 12.8 Å². The number of alkyl halides is 2. The van der Waals surface area contributed by atoms with E-state index in [0.717, 1.165) is 40.8 Å². The van der Waals surface area contributed by atoms with Crippen molar-refractivity contribution in [2.24, 2.45) is 11.3 Å². The van der Waals surface area contributed by atoms with Gasteiger partial charge >= 0.3 is 0 Å². The molecule has 6 rings (SSSR count). The van der Waals surface area contributed by atoms with Crippen molar-refractivity contribution in [1.82, 2.24) is 30.0 Å². The molecule has 0 bridgehead atoms. The molecule has 3 N–H and O–H groups in total. The average Bonchev–Trinajstić information content (AvgIpc) is 3.20. The summed E-state index contributed by atoms with van der Waals surface area (Å²) < 4.78 is 27.9.